The summed E-state index contributed by atoms with van der Waals surface area (Å²) in [4.78, 5) is 2.32. The fourth-order valence-electron chi connectivity index (χ4n) is 3.23. The minimum atomic E-state index is -0.475. The number of benzene rings is 2. The number of hydrogen-bond acceptors (Lipinski definition) is 3. The molecule has 0 amide bonds. The molecule has 0 spiro atoms. The first-order valence-corrected chi connectivity index (χ1v) is 8.44. The summed E-state index contributed by atoms with van der Waals surface area (Å²) in [6.45, 7) is 2.62. The second-order valence-corrected chi connectivity index (χ2v) is 6.67. The van der Waals surface area contributed by atoms with Gasteiger partial charge in [-0.3, -0.25) is 0 Å². The largest absolute Gasteiger partial charge is 0.508 e. The molecule has 3 rings (SSSR count). The topological polar surface area (TPSA) is 43.7 Å². The number of aliphatic hydroxyl groups is 1. The minimum absolute atomic E-state index is 0.317. The molecule has 1 aliphatic heterocycles. The van der Waals surface area contributed by atoms with Crippen molar-refractivity contribution >= 4 is 11.6 Å². The van der Waals surface area contributed by atoms with Gasteiger partial charge in [0, 0.05) is 11.6 Å². The van der Waals surface area contributed by atoms with Crippen LogP contribution in [-0.2, 0) is 0 Å². The molecule has 1 heterocycles. The lowest BCUT2D eigenvalue weighted by atomic mass is 9.89. The number of piperidine rings is 1. The van der Waals surface area contributed by atoms with Gasteiger partial charge in [-0.25, -0.2) is 0 Å². The Morgan fingerprint density at radius 1 is 1.00 bits per heavy atom. The van der Waals surface area contributed by atoms with E-state index in [1.807, 2.05) is 36.4 Å². The molecule has 0 aromatic heterocycles. The number of rotatable bonds is 4. The van der Waals surface area contributed by atoms with Crippen LogP contribution in [0.3, 0.4) is 0 Å². The highest BCUT2D eigenvalue weighted by molar-refractivity contribution is 6.30. The fourth-order valence-corrected chi connectivity index (χ4v) is 3.36. The van der Waals surface area contributed by atoms with Gasteiger partial charge in [0.2, 0.25) is 0 Å². The molecular weight excluding hydrogens is 310 g/mol. The zero-order valence-corrected chi connectivity index (χ0v) is 13.8. The van der Waals surface area contributed by atoms with Gasteiger partial charge >= 0.3 is 0 Å². The number of aliphatic hydroxyl groups excluding tert-OH is 1. The third-order valence-electron chi connectivity index (χ3n) is 4.64. The highest BCUT2D eigenvalue weighted by Crippen LogP contribution is 2.30. The minimum Gasteiger partial charge on any atom is -0.508 e. The molecule has 23 heavy (non-hydrogen) atoms. The van der Waals surface area contributed by atoms with Crippen molar-refractivity contribution in [2.75, 3.05) is 19.6 Å². The maximum Gasteiger partial charge on any atom is 0.115 e. The smallest absolute Gasteiger partial charge is 0.115 e. The Balaban J connectivity index is 1.52. The highest BCUT2D eigenvalue weighted by Gasteiger charge is 2.22. The number of phenols is 1. The van der Waals surface area contributed by atoms with Gasteiger partial charge in [-0.15, -0.1) is 0 Å². The van der Waals surface area contributed by atoms with Crippen molar-refractivity contribution in [1.82, 2.24) is 4.90 Å². The van der Waals surface area contributed by atoms with Crippen LogP contribution in [0.4, 0.5) is 0 Å². The van der Waals surface area contributed by atoms with Crippen LogP contribution in [0.15, 0.2) is 48.5 Å². The van der Waals surface area contributed by atoms with Crippen LogP contribution >= 0.6 is 11.6 Å². The second-order valence-electron chi connectivity index (χ2n) is 6.23. The standard InChI is InChI=1S/C19H22ClNO2/c20-17-5-1-16(2-6-17)19(23)13-21-11-9-15(10-12-21)14-3-7-18(22)8-4-14/h1-8,15,19,22-23H,9-13H2. The molecule has 2 aromatic rings. The molecule has 0 bridgehead atoms. The van der Waals surface area contributed by atoms with Crippen molar-refractivity contribution < 1.29 is 10.2 Å². The Bertz CT molecular complexity index is 619. The molecule has 1 saturated heterocycles. The van der Waals surface area contributed by atoms with Crippen LogP contribution in [0.2, 0.25) is 5.02 Å². The van der Waals surface area contributed by atoms with E-state index in [0.29, 0.717) is 23.2 Å². The van der Waals surface area contributed by atoms with E-state index < -0.39 is 6.10 Å². The Hall–Kier alpha value is -1.55. The van der Waals surface area contributed by atoms with E-state index in [9.17, 15) is 10.2 Å². The highest BCUT2D eigenvalue weighted by atomic mass is 35.5. The average Bonchev–Trinajstić information content (AvgIpc) is 2.57. The van der Waals surface area contributed by atoms with Crippen LogP contribution in [-0.4, -0.2) is 34.7 Å². The molecule has 2 aromatic carbocycles. The molecular formula is C19H22ClNO2. The molecule has 0 aliphatic carbocycles. The molecule has 122 valence electrons. The van der Waals surface area contributed by atoms with Crippen molar-refractivity contribution in [3.63, 3.8) is 0 Å². The molecule has 0 saturated carbocycles. The van der Waals surface area contributed by atoms with Crippen molar-refractivity contribution in [3.8, 4) is 5.75 Å². The Kier molecular flexibility index (Phi) is 5.21. The third-order valence-corrected chi connectivity index (χ3v) is 4.89. The average molecular weight is 332 g/mol. The SMILES string of the molecule is Oc1ccc(C2CCN(CC(O)c3ccc(Cl)cc3)CC2)cc1. The van der Waals surface area contributed by atoms with E-state index in [0.717, 1.165) is 31.5 Å². The summed E-state index contributed by atoms with van der Waals surface area (Å²) < 4.78 is 0. The van der Waals surface area contributed by atoms with Gasteiger partial charge in [-0.2, -0.15) is 0 Å². The van der Waals surface area contributed by atoms with Crippen LogP contribution in [0.1, 0.15) is 36.0 Å². The molecule has 1 aliphatic rings. The predicted molar refractivity (Wildman–Crippen MR) is 92.9 cm³/mol. The van der Waals surface area contributed by atoms with E-state index in [1.54, 1.807) is 12.1 Å². The van der Waals surface area contributed by atoms with Crippen molar-refractivity contribution in [1.29, 1.82) is 0 Å². The monoisotopic (exact) mass is 331 g/mol. The van der Waals surface area contributed by atoms with Crippen LogP contribution < -0.4 is 0 Å². The molecule has 1 atom stereocenters. The first kappa shape index (κ1) is 16.3. The summed E-state index contributed by atoms with van der Waals surface area (Å²) in [5.41, 5.74) is 2.20. The lowest BCUT2D eigenvalue weighted by Crippen LogP contribution is -2.36. The fraction of sp³-hybridized carbons (Fsp3) is 0.368. The van der Waals surface area contributed by atoms with Gasteiger partial charge in [0.15, 0.2) is 0 Å². The van der Waals surface area contributed by atoms with E-state index >= 15 is 0 Å². The van der Waals surface area contributed by atoms with Gasteiger partial charge < -0.3 is 15.1 Å². The maximum atomic E-state index is 10.4. The van der Waals surface area contributed by atoms with Crippen LogP contribution in [0, 0.1) is 0 Å². The zero-order chi connectivity index (χ0) is 16.2. The third kappa shape index (κ3) is 4.25. The van der Waals surface area contributed by atoms with Gasteiger partial charge in [0.05, 0.1) is 6.10 Å². The van der Waals surface area contributed by atoms with E-state index in [1.165, 1.54) is 5.56 Å². The molecule has 1 fully saturated rings. The maximum absolute atomic E-state index is 10.4. The number of hydrogen-bond donors (Lipinski definition) is 2. The van der Waals surface area contributed by atoms with Gasteiger partial charge in [0.1, 0.15) is 5.75 Å². The lowest BCUT2D eigenvalue weighted by Gasteiger charge is -2.33. The number of aromatic hydroxyl groups is 1. The van der Waals surface area contributed by atoms with Gasteiger partial charge in [-0.1, -0.05) is 35.9 Å². The van der Waals surface area contributed by atoms with E-state index in [-0.39, 0.29) is 0 Å². The Morgan fingerprint density at radius 3 is 2.22 bits per heavy atom. The number of halogens is 1. The Morgan fingerprint density at radius 2 is 1.61 bits per heavy atom. The summed E-state index contributed by atoms with van der Waals surface area (Å²) in [6.07, 6.45) is 1.69. The molecule has 0 radical (unpaired) electrons. The first-order chi connectivity index (χ1) is 11.1. The van der Waals surface area contributed by atoms with Gasteiger partial charge in [0.25, 0.3) is 0 Å². The molecule has 2 N–H and O–H groups in total. The van der Waals surface area contributed by atoms with Crippen molar-refractivity contribution in [2.24, 2.45) is 0 Å². The lowest BCUT2D eigenvalue weighted by molar-refractivity contribution is 0.0972. The summed E-state index contributed by atoms with van der Waals surface area (Å²) in [6, 6.07) is 14.9. The first-order valence-electron chi connectivity index (χ1n) is 8.06. The summed E-state index contributed by atoms with van der Waals surface area (Å²) in [5.74, 6) is 0.858. The molecule has 3 nitrogen and oxygen atoms in total. The predicted octanol–water partition coefficient (Wildman–Crippen LogP) is 3.96. The molecule has 4 heteroatoms. The van der Waals surface area contributed by atoms with Crippen molar-refractivity contribution in [2.45, 2.75) is 24.9 Å². The number of phenolic OH excluding ortho intramolecular Hbond substituents is 1. The molecule has 1 unspecified atom stereocenters. The van der Waals surface area contributed by atoms with Crippen LogP contribution in [0.25, 0.3) is 0 Å². The van der Waals surface area contributed by atoms with Gasteiger partial charge in [-0.05, 0) is 67.2 Å². The summed E-state index contributed by atoms with van der Waals surface area (Å²) in [7, 11) is 0. The Labute approximate surface area is 142 Å². The summed E-state index contributed by atoms with van der Waals surface area (Å²) >= 11 is 5.88. The number of nitrogens with zero attached hydrogens (tertiary/aromatic N) is 1. The zero-order valence-electron chi connectivity index (χ0n) is 13.0. The number of likely N-dealkylation sites (tertiary alicyclic amines) is 1. The number of β-amino-alcohol motifs (C(OH)–C–C–N with tert-alkyl or cyclic N) is 1. The quantitative estimate of drug-likeness (QED) is 0.891. The second kappa shape index (κ2) is 7.35. The van der Waals surface area contributed by atoms with E-state index in [4.69, 9.17) is 11.6 Å². The van der Waals surface area contributed by atoms with E-state index in [2.05, 4.69) is 4.90 Å². The normalized spacial score (nSPS) is 18.0. The van der Waals surface area contributed by atoms with Crippen molar-refractivity contribution in [3.05, 3.63) is 64.7 Å². The summed E-state index contributed by atoms with van der Waals surface area (Å²) in [5, 5.41) is 20.4. The van der Waals surface area contributed by atoms with Crippen LogP contribution in [0.5, 0.6) is 5.75 Å².